The van der Waals surface area contributed by atoms with Gasteiger partial charge < -0.3 is 5.32 Å². The third kappa shape index (κ3) is 3.06. The third-order valence-corrected chi connectivity index (χ3v) is 3.07. The fourth-order valence-corrected chi connectivity index (χ4v) is 1.97. The van der Waals surface area contributed by atoms with Crippen molar-refractivity contribution >= 4 is 34.1 Å². The minimum absolute atomic E-state index is 0.231. The van der Waals surface area contributed by atoms with Crippen LogP contribution in [-0.4, -0.2) is 5.78 Å². The number of ketones is 1. The van der Waals surface area contributed by atoms with Gasteiger partial charge in [0.05, 0.1) is 0 Å². The zero-order valence-electron chi connectivity index (χ0n) is 8.29. The van der Waals surface area contributed by atoms with Crippen molar-refractivity contribution in [2.24, 2.45) is 0 Å². The van der Waals surface area contributed by atoms with Crippen molar-refractivity contribution in [3.63, 3.8) is 0 Å². The standard InChI is InChI=1S/C12H12INO/c13-9-4-6-10(7-5-9)14-11-2-1-3-12(15)8-11/h4-8,14H,1-3H2. The van der Waals surface area contributed by atoms with E-state index >= 15 is 0 Å². The van der Waals surface area contributed by atoms with Crippen LogP contribution in [-0.2, 0) is 4.79 Å². The molecule has 15 heavy (non-hydrogen) atoms. The summed E-state index contributed by atoms with van der Waals surface area (Å²) >= 11 is 2.27. The second kappa shape index (κ2) is 4.79. The second-order valence-electron chi connectivity index (χ2n) is 3.62. The van der Waals surface area contributed by atoms with Crippen LogP contribution in [0.5, 0.6) is 0 Å². The molecule has 1 aliphatic carbocycles. The first kappa shape index (κ1) is 10.7. The van der Waals surface area contributed by atoms with Crippen LogP contribution in [0, 0.1) is 3.57 Å². The lowest BCUT2D eigenvalue weighted by Crippen LogP contribution is -2.08. The summed E-state index contributed by atoms with van der Waals surface area (Å²) in [5.41, 5.74) is 2.09. The molecule has 0 heterocycles. The molecule has 78 valence electrons. The molecule has 0 saturated carbocycles. The van der Waals surface area contributed by atoms with Crippen molar-refractivity contribution in [1.82, 2.24) is 0 Å². The van der Waals surface area contributed by atoms with Gasteiger partial charge in [-0.1, -0.05) is 0 Å². The zero-order valence-corrected chi connectivity index (χ0v) is 10.5. The summed E-state index contributed by atoms with van der Waals surface area (Å²) in [6, 6.07) is 8.16. The molecule has 0 fully saturated rings. The first-order chi connectivity index (χ1) is 7.24. The molecule has 1 aromatic rings. The first-order valence-electron chi connectivity index (χ1n) is 5.00. The predicted molar refractivity (Wildman–Crippen MR) is 69.7 cm³/mol. The summed E-state index contributed by atoms with van der Waals surface area (Å²) in [6.07, 6.45) is 4.35. The van der Waals surface area contributed by atoms with Crippen molar-refractivity contribution < 1.29 is 4.79 Å². The van der Waals surface area contributed by atoms with Gasteiger partial charge in [0, 0.05) is 27.5 Å². The van der Waals surface area contributed by atoms with Gasteiger partial charge in [-0.25, -0.2) is 0 Å². The average molecular weight is 313 g/mol. The summed E-state index contributed by atoms with van der Waals surface area (Å²) in [6.45, 7) is 0. The zero-order chi connectivity index (χ0) is 10.7. The average Bonchev–Trinajstić information content (AvgIpc) is 2.22. The number of carbonyl (C=O) groups is 1. The monoisotopic (exact) mass is 313 g/mol. The third-order valence-electron chi connectivity index (χ3n) is 2.35. The van der Waals surface area contributed by atoms with E-state index in [9.17, 15) is 4.79 Å². The second-order valence-corrected chi connectivity index (χ2v) is 4.87. The molecule has 1 aliphatic rings. The molecule has 0 unspecified atom stereocenters. The van der Waals surface area contributed by atoms with E-state index < -0.39 is 0 Å². The Morgan fingerprint density at radius 1 is 1.13 bits per heavy atom. The van der Waals surface area contributed by atoms with E-state index in [-0.39, 0.29) is 5.78 Å². The maximum absolute atomic E-state index is 11.2. The predicted octanol–water partition coefficient (Wildman–Crippen LogP) is 3.34. The highest BCUT2D eigenvalue weighted by Gasteiger charge is 2.09. The molecule has 0 saturated heterocycles. The Morgan fingerprint density at radius 2 is 1.87 bits per heavy atom. The SMILES string of the molecule is O=C1C=C(Nc2ccc(I)cc2)CCC1. The topological polar surface area (TPSA) is 29.1 Å². The quantitative estimate of drug-likeness (QED) is 0.849. The van der Waals surface area contributed by atoms with Crippen LogP contribution in [0.15, 0.2) is 36.0 Å². The van der Waals surface area contributed by atoms with Gasteiger partial charge in [-0.3, -0.25) is 4.79 Å². The highest BCUT2D eigenvalue weighted by molar-refractivity contribution is 14.1. The molecule has 0 amide bonds. The fraction of sp³-hybridized carbons (Fsp3) is 0.250. The molecule has 2 rings (SSSR count). The fourth-order valence-electron chi connectivity index (χ4n) is 1.61. The molecule has 0 atom stereocenters. The van der Waals surface area contributed by atoms with E-state index in [0.717, 1.165) is 24.2 Å². The number of halogens is 1. The molecule has 2 nitrogen and oxygen atoms in total. The van der Waals surface area contributed by atoms with Crippen LogP contribution in [0.1, 0.15) is 19.3 Å². The van der Waals surface area contributed by atoms with Crippen LogP contribution in [0.2, 0.25) is 0 Å². The number of carbonyl (C=O) groups excluding carboxylic acids is 1. The van der Waals surface area contributed by atoms with Crippen LogP contribution < -0.4 is 5.32 Å². The summed E-state index contributed by atoms with van der Waals surface area (Å²) in [7, 11) is 0. The minimum atomic E-state index is 0.231. The normalized spacial score (nSPS) is 16.1. The molecule has 0 aliphatic heterocycles. The van der Waals surface area contributed by atoms with Crippen LogP contribution in [0.3, 0.4) is 0 Å². The molecule has 0 aromatic heterocycles. The van der Waals surface area contributed by atoms with Crippen LogP contribution >= 0.6 is 22.6 Å². The smallest absolute Gasteiger partial charge is 0.157 e. The number of anilines is 1. The molecular weight excluding hydrogens is 301 g/mol. The summed E-state index contributed by atoms with van der Waals surface area (Å²) in [5.74, 6) is 0.231. The first-order valence-corrected chi connectivity index (χ1v) is 6.08. The van der Waals surface area contributed by atoms with E-state index in [2.05, 4.69) is 27.9 Å². The summed E-state index contributed by atoms with van der Waals surface area (Å²) < 4.78 is 1.21. The largest absolute Gasteiger partial charge is 0.359 e. The van der Waals surface area contributed by atoms with E-state index in [4.69, 9.17) is 0 Å². The molecule has 1 aromatic carbocycles. The molecule has 0 bridgehead atoms. The molecular formula is C12H12INO. The Kier molecular flexibility index (Phi) is 3.41. The van der Waals surface area contributed by atoms with E-state index in [0.29, 0.717) is 6.42 Å². The summed E-state index contributed by atoms with van der Waals surface area (Å²) in [5, 5.41) is 3.28. The molecule has 1 N–H and O–H groups in total. The van der Waals surface area contributed by atoms with Gasteiger partial charge in [0.25, 0.3) is 0 Å². The van der Waals surface area contributed by atoms with E-state index in [1.807, 2.05) is 24.3 Å². The Balaban J connectivity index is 2.08. The van der Waals surface area contributed by atoms with Crippen molar-refractivity contribution in [2.75, 3.05) is 5.32 Å². The van der Waals surface area contributed by atoms with Crippen molar-refractivity contribution in [3.05, 3.63) is 39.6 Å². The minimum Gasteiger partial charge on any atom is -0.359 e. The number of hydrogen-bond acceptors (Lipinski definition) is 2. The number of allylic oxidation sites excluding steroid dienone is 2. The van der Waals surface area contributed by atoms with Gasteiger partial charge >= 0.3 is 0 Å². The Hall–Kier alpha value is -0.840. The maximum atomic E-state index is 11.2. The van der Waals surface area contributed by atoms with Crippen LogP contribution in [0.25, 0.3) is 0 Å². The van der Waals surface area contributed by atoms with Crippen molar-refractivity contribution in [3.8, 4) is 0 Å². The Morgan fingerprint density at radius 3 is 2.53 bits per heavy atom. The molecule has 0 spiro atoms. The summed E-state index contributed by atoms with van der Waals surface area (Å²) in [4.78, 5) is 11.2. The van der Waals surface area contributed by atoms with Crippen molar-refractivity contribution in [1.29, 1.82) is 0 Å². The highest BCUT2D eigenvalue weighted by atomic mass is 127. The number of benzene rings is 1. The van der Waals surface area contributed by atoms with Gasteiger partial charge in [-0.05, 0) is 59.7 Å². The highest BCUT2D eigenvalue weighted by Crippen LogP contribution is 2.19. The number of hydrogen-bond donors (Lipinski definition) is 1. The van der Waals surface area contributed by atoms with E-state index in [1.54, 1.807) is 6.08 Å². The lowest BCUT2D eigenvalue weighted by molar-refractivity contribution is -0.115. The van der Waals surface area contributed by atoms with Gasteiger partial charge in [-0.2, -0.15) is 0 Å². The van der Waals surface area contributed by atoms with Crippen molar-refractivity contribution in [2.45, 2.75) is 19.3 Å². The number of nitrogens with one attached hydrogen (secondary N) is 1. The lowest BCUT2D eigenvalue weighted by atomic mass is 10.0. The Bertz CT molecular complexity index is 395. The Labute approximate surface area is 103 Å². The molecule has 3 heteroatoms. The van der Waals surface area contributed by atoms with Gasteiger partial charge in [0.1, 0.15) is 0 Å². The van der Waals surface area contributed by atoms with E-state index in [1.165, 1.54) is 3.57 Å². The maximum Gasteiger partial charge on any atom is 0.157 e. The number of rotatable bonds is 2. The lowest BCUT2D eigenvalue weighted by Gasteiger charge is -2.14. The van der Waals surface area contributed by atoms with Crippen LogP contribution in [0.4, 0.5) is 5.69 Å². The molecule has 0 radical (unpaired) electrons. The van der Waals surface area contributed by atoms with Gasteiger partial charge in [0.2, 0.25) is 0 Å². The van der Waals surface area contributed by atoms with Gasteiger partial charge in [-0.15, -0.1) is 0 Å². The van der Waals surface area contributed by atoms with Gasteiger partial charge in [0.15, 0.2) is 5.78 Å².